The molecule has 2 N–H and O–H groups in total. The molecule has 0 heterocycles. The van der Waals surface area contributed by atoms with E-state index in [0.717, 1.165) is 44.0 Å². The van der Waals surface area contributed by atoms with E-state index in [9.17, 15) is 9.59 Å². The minimum absolute atomic E-state index is 0.0974. The molecule has 0 atom stereocenters. The van der Waals surface area contributed by atoms with E-state index in [-0.39, 0.29) is 11.8 Å². The quantitative estimate of drug-likeness (QED) is 0.161. The Balaban J connectivity index is 1.52. The molecular formula is C22H24I2N4O2. The van der Waals surface area contributed by atoms with Crippen LogP contribution >= 0.6 is 45.2 Å². The maximum absolute atomic E-state index is 11.8. The number of unbranched alkanes of at least 4 members (excludes halogenated alkanes) is 3. The van der Waals surface area contributed by atoms with Crippen LogP contribution in [-0.4, -0.2) is 24.2 Å². The third-order valence-electron chi connectivity index (χ3n) is 4.15. The molecule has 0 saturated heterocycles. The summed E-state index contributed by atoms with van der Waals surface area (Å²) in [4.78, 5) is 23.6. The van der Waals surface area contributed by atoms with Gasteiger partial charge in [-0.1, -0.05) is 49.2 Å². The second kappa shape index (κ2) is 14.2. The van der Waals surface area contributed by atoms with Crippen LogP contribution in [-0.2, 0) is 9.59 Å². The van der Waals surface area contributed by atoms with Crippen LogP contribution in [0.15, 0.2) is 58.7 Å². The number of hydrogen-bond donors (Lipinski definition) is 2. The fourth-order valence-corrected chi connectivity index (χ4v) is 3.60. The number of nitrogens with zero attached hydrogens (tertiary/aromatic N) is 2. The number of rotatable bonds is 11. The Kier molecular flexibility index (Phi) is 11.6. The second-order valence-corrected chi connectivity index (χ2v) is 8.87. The maximum Gasteiger partial charge on any atom is 0.240 e. The standard InChI is InChI=1S/C22H24I2N4O2/c23-19-11-7-5-9-17(19)15-25-27-21(29)13-3-1-2-4-14-22(30)28-26-16-18-10-6-8-12-20(18)24/h5-12,15-16H,1-4,13-14H2,(H,27,29)(H,28,30). The summed E-state index contributed by atoms with van der Waals surface area (Å²) in [7, 11) is 0. The third kappa shape index (κ3) is 9.79. The Bertz CT molecular complexity index is 827. The molecule has 0 unspecified atom stereocenters. The molecule has 0 aliphatic heterocycles. The Labute approximate surface area is 204 Å². The molecule has 6 nitrogen and oxygen atoms in total. The number of halogens is 2. The zero-order valence-electron chi connectivity index (χ0n) is 16.5. The predicted octanol–water partition coefficient (Wildman–Crippen LogP) is 4.84. The van der Waals surface area contributed by atoms with E-state index in [1.807, 2.05) is 48.5 Å². The van der Waals surface area contributed by atoms with Crippen LogP contribution in [0, 0.1) is 7.14 Å². The molecule has 0 bridgehead atoms. The second-order valence-electron chi connectivity index (χ2n) is 6.54. The van der Waals surface area contributed by atoms with Gasteiger partial charge in [0.05, 0.1) is 12.4 Å². The largest absolute Gasteiger partial charge is 0.273 e. The molecule has 2 aromatic carbocycles. The number of hydrogen-bond acceptors (Lipinski definition) is 4. The molecule has 2 rings (SSSR count). The minimum atomic E-state index is -0.0974. The van der Waals surface area contributed by atoms with Crippen molar-refractivity contribution in [3.63, 3.8) is 0 Å². The Morgan fingerprint density at radius 3 is 1.50 bits per heavy atom. The number of amides is 2. The van der Waals surface area contributed by atoms with E-state index in [1.54, 1.807) is 12.4 Å². The lowest BCUT2D eigenvalue weighted by molar-refractivity contribution is -0.122. The highest BCUT2D eigenvalue weighted by atomic mass is 127. The van der Waals surface area contributed by atoms with Gasteiger partial charge in [0.2, 0.25) is 11.8 Å². The minimum Gasteiger partial charge on any atom is -0.273 e. The van der Waals surface area contributed by atoms with Crippen molar-refractivity contribution in [2.75, 3.05) is 0 Å². The zero-order chi connectivity index (χ0) is 21.6. The highest BCUT2D eigenvalue weighted by molar-refractivity contribution is 14.1. The maximum atomic E-state index is 11.8. The van der Waals surface area contributed by atoms with Gasteiger partial charge in [-0.3, -0.25) is 9.59 Å². The van der Waals surface area contributed by atoms with Crippen molar-refractivity contribution in [2.45, 2.75) is 38.5 Å². The lowest BCUT2D eigenvalue weighted by Gasteiger charge is -2.02. The molecule has 2 aromatic rings. The van der Waals surface area contributed by atoms with Gasteiger partial charge < -0.3 is 0 Å². The summed E-state index contributed by atoms with van der Waals surface area (Å²) in [5.41, 5.74) is 7.05. The van der Waals surface area contributed by atoms with Crippen molar-refractivity contribution < 1.29 is 9.59 Å². The van der Waals surface area contributed by atoms with E-state index < -0.39 is 0 Å². The summed E-state index contributed by atoms with van der Waals surface area (Å²) >= 11 is 4.46. The SMILES string of the molecule is O=C(CCCCCCC(=O)NN=Cc1ccccc1I)NN=Cc1ccccc1I. The van der Waals surface area contributed by atoms with Crippen LogP contribution in [0.2, 0.25) is 0 Å². The Morgan fingerprint density at radius 2 is 1.10 bits per heavy atom. The number of nitrogens with one attached hydrogen (secondary N) is 2. The lowest BCUT2D eigenvalue weighted by atomic mass is 10.1. The molecule has 0 radical (unpaired) electrons. The average Bonchev–Trinajstić information content (AvgIpc) is 2.73. The van der Waals surface area contributed by atoms with Crippen molar-refractivity contribution in [1.29, 1.82) is 0 Å². The third-order valence-corrected chi connectivity index (χ3v) is 6.12. The molecule has 0 saturated carbocycles. The first-order valence-corrected chi connectivity index (χ1v) is 11.8. The van der Waals surface area contributed by atoms with Crippen LogP contribution in [0.25, 0.3) is 0 Å². The van der Waals surface area contributed by atoms with Gasteiger partial charge in [0.15, 0.2) is 0 Å². The molecule has 30 heavy (non-hydrogen) atoms. The smallest absolute Gasteiger partial charge is 0.240 e. The highest BCUT2D eigenvalue weighted by Gasteiger charge is 2.02. The summed E-state index contributed by atoms with van der Waals surface area (Å²) in [5.74, 6) is -0.195. The van der Waals surface area contributed by atoms with Gasteiger partial charge in [0.25, 0.3) is 0 Å². The first kappa shape index (κ1) is 24.4. The van der Waals surface area contributed by atoms with E-state index >= 15 is 0 Å². The first-order chi connectivity index (χ1) is 14.6. The molecule has 0 aromatic heterocycles. The molecule has 2 amide bonds. The van der Waals surface area contributed by atoms with Crippen LogP contribution < -0.4 is 10.9 Å². The van der Waals surface area contributed by atoms with Gasteiger partial charge in [-0.2, -0.15) is 10.2 Å². The summed E-state index contributed by atoms with van der Waals surface area (Å²) < 4.78 is 2.16. The molecule has 0 spiro atoms. The van der Waals surface area contributed by atoms with Crippen molar-refractivity contribution in [3.05, 3.63) is 66.8 Å². The predicted molar refractivity (Wildman–Crippen MR) is 137 cm³/mol. The molecule has 158 valence electrons. The fraction of sp³-hybridized carbons (Fsp3) is 0.273. The molecule has 8 heteroatoms. The van der Waals surface area contributed by atoms with Gasteiger partial charge in [-0.05, 0) is 70.2 Å². The number of carbonyl (C=O) groups is 2. The molecule has 0 aliphatic rings. The van der Waals surface area contributed by atoms with Crippen LogP contribution in [0.4, 0.5) is 0 Å². The van der Waals surface area contributed by atoms with E-state index in [1.165, 1.54) is 0 Å². The van der Waals surface area contributed by atoms with Crippen molar-refractivity contribution in [2.24, 2.45) is 10.2 Å². The summed E-state index contributed by atoms with van der Waals surface area (Å²) in [6.07, 6.45) is 7.50. The Hall–Kier alpha value is -1.82. The first-order valence-electron chi connectivity index (χ1n) is 9.69. The van der Waals surface area contributed by atoms with Gasteiger partial charge in [-0.25, -0.2) is 10.9 Å². The monoisotopic (exact) mass is 630 g/mol. The van der Waals surface area contributed by atoms with Crippen LogP contribution in [0.5, 0.6) is 0 Å². The summed E-state index contributed by atoms with van der Waals surface area (Å²) in [6, 6.07) is 15.6. The van der Waals surface area contributed by atoms with Gasteiger partial charge in [0, 0.05) is 31.1 Å². The lowest BCUT2D eigenvalue weighted by Crippen LogP contribution is -2.17. The summed E-state index contributed by atoms with van der Waals surface area (Å²) in [6.45, 7) is 0. The zero-order valence-corrected chi connectivity index (χ0v) is 20.8. The molecule has 0 aliphatic carbocycles. The number of hydrazone groups is 2. The average molecular weight is 630 g/mol. The van der Waals surface area contributed by atoms with E-state index in [0.29, 0.717) is 12.8 Å². The van der Waals surface area contributed by atoms with E-state index in [2.05, 4.69) is 66.2 Å². The van der Waals surface area contributed by atoms with Crippen molar-refractivity contribution in [1.82, 2.24) is 10.9 Å². The fourth-order valence-electron chi connectivity index (χ4n) is 2.54. The van der Waals surface area contributed by atoms with Crippen LogP contribution in [0.3, 0.4) is 0 Å². The van der Waals surface area contributed by atoms with Crippen molar-refractivity contribution >= 4 is 69.4 Å². The number of benzene rings is 2. The summed E-state index contributed by atoms with van der Waals surface area (Å²) in [5, 5.41) is 8.00. The van der Waals surface area contributed by atoms with Crippen LogP contribution in [0.1, 0.15) is 49.7 Å². The molecular weight excluding hydrogens is 606 g/mol. The normalized spacial score (nSPS) is 11.1. The topological polar surface area (TPSA) is 82.9 Å². The molecule has 0 fully saturated rings. The van der Waals surface area contributed by atoms with Gasteiger partial charge in [-0.15, -0.1) is 0 Å². The van der Waals surface area contributed by atoms with Gasteiger partial charge in [0.1, 0.15) is 0 Å². The van der Waals surface area contributed by atoms with Crippen molar-refractivity contribution in [3.8, 4) is 0 Å². The number of carbonyl (C=O) groups excluding carboxylic acids is 2. The van der Waals surface area contributed by atoms with Gasteiger partial charge >= 0.3 is 0 Å². The highest BCUT2D eigenvalue weighted by Crippen LogP contribution is 2.10. The van der Waals surface area contributed by atoms with E-state index in [4.69, 9.17) is 0 Å². The Morgan fingerprint density at radius 1 is 0.700 bits per heavy atom.